The summed E-state index contributed by atoms with van der Waals surface area (Å²) in [7, 11) is 0. The van der Waals surface area contributed by atoms with E-state index >= 15 is 0 Å². The molecule has 1 atom stereocenters. The van der Waals surface area contributed by atoms with Crippen molar-refractivity contribution in [3.63, 3.8) is 0 Å². The first-order valence-corrected chi connectivity index (χ1v) is 9.35. The topological polar surface area (TPSA) is 89.0 Å². The Balaban J connectivity index is 1.59. The van der Waals surface area contributed by atoms with Crippen molar-refractivity contribution in [2.24, 2.45) is 0 Å². The Labute approximate surface area is 151 Å². The van der Waals surface area contributed by atoms with Gasteiger partial charge in [0.05, 0.1) is 24.1 Å². The van der Waals surface area contributed by atoms with Gasteiger partial charge < -0.3 is 10.1 Å². The Morgan fingerprint density at radius 2 is 2.33 bits per heavy atom. The molecular weight excluding hydrogens is 396 g/mol. The summed E-state index contributed by atoms with van der Waals surface area (Å²) in [5.41, 5.74) is 0.432. The molecule has 0 bridgehead atoms. The van der Waals surface area contributed by atoms with Crippen molar-refractivity contribution in [1.29, 1.82) is 0 Å². The lowest BCUT2D eigenvalue weighted by Gasteiger charge is -2.11. The molecule has 3 rings (SSSR count). The predicted molar refractivity (Wildman–Crippen MR) is 95.3 cm³/mol. The highest BCUT2D eigenvalue weighted by atomic mass is 79.9. The number of nitrogens with zero attached hydrogens (tertiary/aromatic N) is 2. The molecule has 1 aliphatic rings. The summed E-state index contributed by atoms with van der Waals surface area (Å²) < 4.78 is 7.91. The van der Waals surface area contributed by atoms with Crippen molar-refractivity contribution in [3.8, 4) is 0 Å². The number of benzene rings is 1. The van der Waals surface area contributed by atoms with Crippen molar-refractivity contribution < 1.29 is 9.53 Å². The lowest BCUT2D eigenvalue weighted by molar-refractivity contribution is -0.113. The summed E-state index contributed by atoms with van der Waals surface area (Å²) in [5.74, 6) is 0.00274. The SMILES string of the molecule is O=C(CSc1n[nH]c(=O)n1C[C@H]1CCCO1)Nc1ccccc1Br. The summed E-state index contributed by atoms with van der Waals surface area (Å²) in [6.45, 7) is 1.19. The minimum Gasteiger partial charge on any atom is -0.376 e. The molecule has 2 aromatic rings. The Kier molecular flexibility index (Phi) is 5.75. The zero-order valence-electron chi connectivity index (χ0n) is 12.8. The van der Waals surface area contributed by atoms with Crippen molar-refractivity contribution >= 4 is 39.3 Å². The molecular formula is C15H17BrN4O3S. The third kappa shape index (κ3) is 4.28. The van der Waals surface area contributed by atoms with Gasteiger partial charge >= 0.3 is 5.69 Å². The second-order valence-corrected chi connectivity index (χ2v) is 7.17. The van der Waals surface area contributed by atoms with Gasteiger partial charge in [-0.1, -0.05) is 23.9 Å². The van der Waals surface area contributed by atoms with Gasteiger partial charge in [0.1, 0.15) is 0 Å². The van der Waals surface area contributed by atoms with E-state index in [4.69, 9.17) is 4.74 Å². The van der Waals surface area contributed by atoms with E-state index in [0.29, 0.717) is 17.4 Å². The molecule has 1 aromatic heterocycles. The van der Waals surface area contributed by atoms with Gasteiger partial charge in [0.15, 0.2) is 5.16 Å². The van der Waals surface area contributed by atoms with Crippen LogP contribution in [0.4, 0.5) is 5.69 Å². The van der Waals surface area contributed by atoms with Crippen LogP contribution in [0.2, 0.25) is 0 Å². The van der Waals surface area contributed by atoms with Gasteiger partial charge in [-0.05, 0) is 40.9 Å². The molecule has 1 aliphatic heterocycles. The summed E-state index contributed by atoms with van der Waals surface area (Å²) in [6, 6.07) is 7.40. The first-order valence-electron chi connectivity index (χ1n) is 7.57. The van der Waals surface area contributed by atoms with E-state index in [9.17, 15) is 9.59 Å². The van der Waals surface area contributed by atoms with Crippen LogP contribution in [0.3, 0.4) is 0 Å². The average Bonchev–Trinajstić information content (AvgIpc) is 3.19. The molecule has 1 aromatic carbocycles. The van der Waals surface area contributed by atoms with Gasteiger partial charge in [0.2, 0.25) is 5.91 Å². The summed E-state index contributed by atoms with van der Waals surface area (Å²) in [6.07, 6.45) is 1.98. The van der Waals surface area contributed by atoms with Gasteiger partial charge in [-0.25, -0.2) is 9.89 Å². The molecule has 0 radical (unpaired) electrons. The van der Waals surface area contributed by atoms with Crippen LogP contribution < -0.4 is 11.0 Å². The number of nitrogens with one attached hydrogen (secondary N) is 2. The largest absolute Gasteiger partial charge is 0.376 e. The number of hydrogen-bond donors (Lipinski definition) is 2. The fourth-order valence-corrected chi connectivity index (χ4v) is 3.59. The highest BCUT2D eigenvalue weighted by Gasteiger charge is 2.20. The van der Waals surface area contributed by atoms with E-state index in [-0.39, 0.29) is 23.5 Å². The molecule has 7 nitrogen and oxygen atoms in total. The Morgan fingerprint density at radius 3 is 3.08 bits per heavy atom. The molecule has 24 heavy (non-hydrogen) atoms. The standard InChI is InChI=1S/C15H17BrN4O3S/c16-11-5-1-2-6-12(11)17-13(21)9-24-15-19-18-14(22)20(15)8-10-4-3-7-23-10/h1-2,5-6,10H,3-4,7-9H2,(H,17,21)(H,18,22)/t10-/m1/s1. The lowest BCUT2D eigenvalue weighted by atomic mass is 10.2. The maximum Gasteiger partial charge on any atom is 0.344 e. The number of halogens is 1. The average molecular weight is 413 g/mol. The van der Waals surface area contributed by atoms with Crippen LogP contribution in [0.5, 0.6) is 0 Å². The molecule has 0 aliphatic carbocycles. The molecule has 2 heterocycles. The molecule has 9 heteroatoms. The quantitative estimate of drug-likeness (QED) is 0.710. The number of aromatic nitrogens is 3. The van der Waals surface area contributed by atoms with Crippen LogP contribution in [0, 0.1) is 0 Å². The third-order valence-electron chi connectivity index (χ3n) is 3.61. The van der Waals surface area contributed by atoms with Gasteiger partial charge in [0, 0.05) is 11.1 Å². The van der Waals surface area contributed by atoms with E-state index in [2.05, 4.69) is 31.4 Å². The summed E-state index contributed by atoms with van der Waals surface area (Å²) in [4.78, 5) is 24.0. The number of anilines is 1. The number of carbonyl (C=O) groups excluding carboxylic acids is 1. The number of para-hydroxylation sites is 1. The molecule has 0 saturated carbocycles. The Bertz CT molecular complexity index is 770. The zero-order valence-corrected chi connectivity index (χ0v) is 15.2. The van der Waals surface area contributed by atoms with Crippen molar-refractivity contribution in [3.05, 3.63) is 39.2 Å². The monoisotopic (exact) mass is 412 g/mol. The summed E-state index contributed by atoms with van der Waals surface area (Å²) in [5, 5.41) is 9.75. The van der Waals surface area contributed by atoms with Crippen LogP contribution in [0.15, 0.2) is 38.7 Å². The van der Waals surface area contributed by atoms with Crippen molar-refractivity contribution in [2.45, 2.75) is 30.6 Å². The van der Waals surface area contributed by atoms with E-state index in [1.807, 2.05) is 24.3 Å². The third-order valence-corrected chi connectivity index (χ3v) is 5.28. The van der Waals surface area contributed by atoms with E-state index in [1.54, 1.807) is 0 Å². The van der Waals surface area contributed by atoms with Gasteiger partial charge in [-0.3, -0.25) is 9.36 Å². The van der Waals surface area contributed by atoms with Crippen LogP contribution in [-0.4, -0.2) is 39.1 Å². The van der Waals surface area contributed by atoms with Crippen molar-refractivity contribution in [2.75, 3.05) is 17.7 Å². The summed E-state index contributed by atoms with van der Waals surface area (Å²) >= 11 is 4.61. The van der Waals surface area contributed by atoms with E-state index < -0.39 is 0 Å². The van der Waals surface area contributed by atoms with E-state index in [0.717, 1.165) is 23.9 Å². The molecule has 1 amide bonds. The number of ether oxygens (including phenoxy) is 1. The normalized spacial score (nSPS) is 17.1. The highest BCUT2D eigenvalue weighted by Crippen LogP contribution is 2.22. The number of thioether (sulfide) groups is 1. The molecule has 128 valence electrons. The maximum absolute atomic E-state index is 12.1. The van der Waals surface area contributed by atoms with Crippen molar-refractivity contribution in [1.82, 2.24) is 14.8 Å². The number of aromatic amines is 1. The van der Waals surface area contributed by atoms with Crippen LogP contribution in [0.1, 0.15) is 12.8 Å². The first kappa shape index (κ1) is 17.2. The number of carbonyl (C=O) groups is 1. The highest BCUT2D eigenvalue weighted by molar-refractivity contribution is 9.10. The number of hydrogen-bond acceptors (Lipinski definition) is 5. The van der Waals surface area contributed by atoms with Gasteiger partial charge in [-0.15, -0.1) is 5.10 Å². The minimum atomic E-state index is -0.279. The first-order chi connectivity index (χ1) is 11.6. The predicted octanol–water partition coefficient (Wildman–Crippen LogP) is 2.24. The van der Waals surface area contributed by atoms with Crippen LogP contribution in [0.25, 0.3) is 0 Å². The Hall–Kier alpha value is -1.58. The second kappa shape index (κ2) is 8.00. The Morgan fingerprint density at radius 1 is 1.50 bits per heavy atom. The number of H-pyrrole nitrogens is 1. The molecule has 1 fully saturated rings. The fourth-order valence-electron chi connectivity index (χ4n) is 2.45. The minimum absolute atomic E-state index is 0.0359. The second-order valence-electron chi connectivity index (χ2n) is 5.37. The maximum atomic E-state index is 12.1. The number of rotatable bonds is 6. The van der Waals surface area contributed by atoms with E-state index in [1.165, 1.54) is 16.3 Å². The van der Waals surface area contributed by atoms with Gasteiger partial charge in [-0.2, -0.15) is 0 Å². The molecule has 0 spiro atoms. The van der Waals surface area contributed by atoms with Gasteiger partial charge in [0.25, 0.3) is 0 Å². The zero-order chi connectivity index (χ0) is 16.9. The fraction of sp³-hybridized carbons (Fsp3) is 0.400. The smallest absolute Gasteiger partial charge is 0.344 e. The van der Waals surface area contributed by atoms with Crippen LogP contribution in [-0.2, 0) is 16.1 Å². The molecule has 1 saturated heterocycles. The molecule has 0 unspecified atom stereocenters. The number of amides is 1. The van der Waals surface area contributed by atoms with Crippen LogP contribution >= 0.6 is 27.7 Å². The lowest BCUT2D eigenvalue weighted by Crippen LogP contribution is -2.25. The molecule has 2 N–H and O–H groups in total.